The van der Waals surface area contributed by atoms with Crippen molar-refractivity contribution in [2.45, 2.75) is 6.92 Å². The minimum atomic E-state index is -0.350. The molecule has 0 bridgehead atoms. The van der Waals surface area contributed by atoms with Gasteiger partial charge in [0.05, 0.1) is 10.9 Å². The Morgan fingerprint density at radius 1 is 1.60 bits per heavy atom. The van der Waals surface area contributed by atoms with Crippen LogP contribution in [-0.2, 0) is 0 Å². The lowest BCUT2D eigenvalue weighted by Gasteiger charge is -2.03. The van der Waals surface area contributed by atoms with Crippen molar-refractivity contribution in [1.82, 2.24) is 10.2 Å². The highest BCUT2D eigenvalue weighted by molar-refractivity contribution is 7.80. The summed E-state index contributed by atoms with van der Waals surface area (Å²) in [5, 5.41) is 9.92. The largest absolute Gasteiger partial charge is 0.376 e. The van der Waals surface area contributed by atoms with Crippen molar-refractivity contribution >= 4 is 33.9 Å². The summed E-state index contributed by atoms with van der Waals surface area (Å²) in [5.74, 6) is -0.350. The summed E-state index contributed by atoms with van der Waals surface area (Å²) in [6.07, 6.45) is 0. The van der Waals surface area contributed by atoms with Crippen molar-refractivity contribution in [2.24, 2.45) is 5.73 Å². The van der Waals surface area contributed by atoms with E-state index < -0.39 is 0 Å². The van der Waals surface area contributed by atoms with E-state index in [-0.39, 0.29) is 10.9 Å². The fourth-order valence-corrected chi connectivity index (χ4v) is 1.58. The monoisotopic (exact) mass is 224 g/mol. The third-order valence-corrected chi connectivity index (χ3v) is 2.16. The first-order valence-corrected chi connectivity index (χ1v) is 4.69. The third-order valence-electron chi connectivity index (χ3n) is 2.06. The summed E-state index contributed by atoms with van der Waals surface area (Å²) >= 11 is 4.66. The molecule has 2 rings (SSSR count). The van der Waals surface area contributed by atoms with Gasteiger partial charge in [-0.2, -0.15) is 5.10 Å². The van der Waals surface area contributed by atoms with Gasteiger partial charge < -0.3 is 11.1 Å². The van der Waals surface area contributed by atoms with E-state index in [9.17, 15) is 4.39 Å². The summed E-state index contributed by atoms with van der Waals surface area (Å²) in [4.78, 5) is 0. The van der Waals surface area contributed by atoms with E-state index in [0.717, 1.165) is 0 Å². The fourth-order valence-electron chi connectivity index (χ4n) is 1.47. The molecule has 0 aliphatic heterocycles. The predicted octanol–water partition coefficient (Wildman–Crippen LogP) is 1.67. The lowest BCUT2D eigenvalue weighted by molar-refractivity contribution is 0.640. The summed E-state index contributed by atoms with van der Waals surface area (Å²) in [5.41, 5.74) is 7.04. The zero-order valence-corrected chi connectivity index (χ0v) is 8.78. The van der Waals surface area contributed by atoms with Gasteiger partial charge in [0.25, 0.3) is 0 Å². The van der Waals surface area contributed by atoms with Crippen LogP contribution in [0.5, 0.6) is 0 Å². The number of nitrogens with zero attached hydrogens (tertiary/aromatic N) is 1. The molecular weight excluding hydrogens is 215 g/mol. The zero-order chi connectivity index (χ0) is 11.0. The number of hydrogen-bond acceptors (Lipinski definition) is 2. The van der Waals surface area contributed by atoms with Gasteiger partial charge in [-0.15, -0.1) is 0 Å². The van der Waals surface area contributed by atoms with Crippen LogP contribution in [0.2, 0.25) is 0 Å². The second-order valence-electron chi connectivity index (χ2n) is 3.19. The van der Waals surface area contributed by atoms with Crippen LogP contribution >= 0.6 is 12.2 Å². The van der Waals surface area contributed by atoms with Crippen LogP contribution in [0.1, 0.15) is 5.69 Å². The smallest absolute Gasteiger partial charge is 0.168 e. The number of nitrogens with one attached hydrogen (secondary N) is 2. The molecule has 1 heterocycles. The maximum Gasteiger partial charge on any atom is 0.168 e. The first kappa shape index (κ1) is 9.85. The zero-order valence-electron chi connectivity index (χ0n) is 7.97. The number of aryl methyl sites for hydroxylation is 1. The SMILES string of the molecule is Cc1[nH]nc2cc(NC(N)=S)cc(F)c12. The Kier molecular flexibility index (Phi) is 2.28. The Morgan fingerprint density at radius 3 is 3.00 bits per heavy atom. The Labute approximate surface area is 90.7 Å². The van der Waals surface area contributed by atoms with E-state index in [1.807, 2.05) is 0 Å². The second kappa shape index (κ2) is 3.47. The molecule has 0 atom stereocenters. The van der Waals surface area contributed by atoms with E-state index in [2.05, 4.69) is 27.7 Å². The molecule has 1 aromatic carbocycles. The molecule has 0 aliphatic carbocycles. The predicted molar refractivity (Wildman–Crippen MR) is 61.2 cm³/mol. The lowest BCUT2D eigenvalue weighted by Crippen LogP contribution is -2.18. The molecule has 78 valence electrons. The van der Waals surface area contributed by atoms with Gasteiger partial charge >= 0.3 is 0 Å². The van der Waals surface area contributed by atoms with Gasteiger partial charge in [-0.1, -0.05) is 0 Å². The molecule has 0 unspecified atom stereocenters. The van der Waals surface area contributed by atoms with Crippen molar-refractivity contribution in [2.75, 3.05) is 5.32 Å². The van der Waals surface area contributed by atoms with E-state index in [1.165, 1.54) is 6.07 Å². The van der Waals surface area contributed by atoms with Crippen LogP contribution in [0.4, 0.5) is 10.1 Å². The summed E-state index contributed by atoms with van der Waals surface area (Å²) < 4.78 is 13.6. The maximum atomic E-state index is 13.6. The molecule has 0 saturated carbocycles. The summed E-state index contributed by atoms with van der Waals surface area (Å²) in [6, 6.07) is 3.02. The standard InChI is InChI=1S/C9H9FN4S/c1-4-8-6(10)2-5(12-9(11)15)3-7(8)14-13-4/h2-3H,1H3,(H,13,14)(H3,11,12,15). The minimum absolute atomic E-state index is 0.0982. The van der Waals surface area contributed by atoms with Crippen LogP contribution in [0.15, 0.2) is 12.1 Å². The number of halogens is 1. The molecule has 0 saturated heterocycles. The first-order valence-electron chi connectivity index (χ1n) is 4.28. The molecule has 2 aromatic rings. The Hall–Kier alpha value is -1.69. The number of fused-ring (bicyclic) bond motifs is 1. The highest BCUT2D eigenvalue weighted by Crippen LogP contribution is 2.23. The first-order chi connectivity index (χ1) is 7.08. The summed E-state index contributed by atoms with van der Waals surface area (Å²) in [6.45, 7) is 1.76. The number of H-pyrrole nitrogens is 1. The molecule has 6 heteroatoms. The number of nitrogens with two attached hydrogens (primary N) is 1. The normalized spacial score (nSPS) is 10.5. The van der Waals surface area contributed by atoms with E-state index in [1.54, 1.807) is 13.0 Å². The number of benzene rings is 1. The molecule has 0 amide bonds. The molecule has 1 aromatic heterocycles. The molecule has 0 aliphatic rings. The van der Waals surface area contributed by atoms with Gasteiger partial charge in [0.1, 0.15) is 5.82 Å². The summed E-state index contributed by atoms with van der Waals surface area (Å²) in [7, 11) is 0. The molecule has 0 radical (unpaired) electrons. The average Bonchev–Trinajstić information content (AvgIpc) is 2.46. The topological polar surface area (TPSA) is 66.7 Å². The van der Waals surface area contributed by atoms with Gasteiger partial charge in [-0.3, -0.25) is 5.10 Å². The molecule has 0 spiro atoms. The molecule has 4 N–H and O–H groups in total. The number of aromatic nitrogens is 2. The van der Waals surface area contributed by atoms with Crippen LogP contribution < -0.4 is 11.1 Å². The Morgan fingerprint density at radius 2 is 2.33 bits per heavy atom. The van der Waals surface area contributed by atoms with Gasteiger partial charge in [0.2, 0.25) is 0 Å². The van der Waals surface area contributed by atoms with Crippen molar-refractivity contribution in [3.63, 3.8) is 0 Å². The van der Waals surface area contributed by atoms with Gasteiger partial charge in [0, 0.05) is 11.4 Å². The fraction of sp³-hybridized carbons (Fsp3) is 0.111. The number of rotatable bonds is 1. The van der Waals surface area contributed by atoms with Gasteiger partial charge in [0.15, 0.2) is 5.11 Å². The molecule has 0 fully saturated rings. The van der Waals surface area contributed by atoms with Crippen molar-refractivity contribution in [3.8, 4) is 0 Å². The number of thiocarbonyl (C=S) groups is 1. The van der Waals surface area contributed by atoms with Crippen molar-refractivity contribution in [3.05, 3.63) is 23.6 Å². The van der Waals surface area contributed by atoms with Crippen molar-refractivity contribution in [1.29, 1.82) is 0 Å². The molecule has 4 nitrogen and oxygen atoms in total. The van der Waals surface area contributed by atoms with Gasteiger partial charge in [-0.25, -0.2) is 4.39 Å². The van der Waals surface area contributed by atoms with Crippen LogP contribution in [-0.4, -0.2) is 15.3 Å². The van der Waals surface area contributed by atoms with E-state index in [4.69, 9.17) is 5.73 Å². The minimum Gasteiger partial charge on any atom is -0.376 e. The van der Waals surface area contributed by atoms with Crippen molar-refractivity contribution < 1.29 is 4.39 Å². The van der Waals surface area contributed by atoms with Gasteiger partial charge in [-0.05, 0) is 31.3 Å². The van der Waals surface area contributed by atoms with E-state index >= 15 is 0 Å². The van der Waals surface area contributed by atoms with E-state index in [0.29, 0.717) is 22.3 Å². The number of aromatic amines is 1. The Balaban J connectivity index is 2.58. The highest BCUT2D eigenvalue weighted by atomic mass is 32.1. The van der Waals surface area contributed by atoms with Crippen LogP contribution in [0, 0.1) is 12.7 Å². The number of hydrogen-bond donors (Lipinski definition) is 3. The molecule has 15 heavy (non-hydrogen) atoms. The number of anilines is 1. The van der Waals surface area contributed by atoms with Crippen LogP contribution in [0.25, 0.3) is 10.9 Å². The third kappa shape index (κ3) is 1.75. The average molecular weight is 224 g/mol. The highest BCUT2D eigenvalue weighted by Gasteiger charge is 2.09. The quantitative estimate of drug-likeness (QED) is 0.644. The second-order valence-corrected chi connectivity index (χ2v) is 3.63. The Bertz CT molecular complexity index is 534. The lowest BCUT2D eigenvalue weighted by atomic mass is 10.2. The molecular formula is C9H9FN4S. The maximum absolute atomic E-state index is 13.6. The van der Waals surface area contributed by atoms with Crippen LogP contribution in [0.3, 0.4) is 0 Å².